The number of carbonyl (C=O) groups is 3. The van der Waals surface area contributed by atoms with Crippen LogP contribution in [0.3, 0.4) is 0 Å². The standard InChI is InChI=1S/C14H13ClN2O3/c1-14(6-5-11(18)16-13(14)20)17-7-9-8(12(17)19)3-2-4-10(9)15/h2-4H,5-7H2,1H3,(H,16,18,20). The molecule has 0 aromatic heterocycles. The quantitative estimate of drug-likeness (QED) is 0.798. The average molecular weight is 293 g/mol. The van der Waals surface area contributed by atoms with Gasteiger partial charge >= 0.3 is 0 Å². The highest BCUT2D eigenvalue weighted by Crippen LogP contribution is 2.36. The first kappa shape index (κ1) is 13.1. The molecule has 1 fully saturated rings. The summed E-state index contributed by atoms with van der Waals surface area (Å²) in [7, 11) is 0. The molecule has 20 heavy (non-hydrogen) atoms. The highest BCUT2D eigenvalue weighted by atomic mass is 35.5. The van der Waals surface area contributed by atoms with Crippen LogP contribution in [0.5, 0.6) is 0 Å². The third-order valence-corrected chi connectivity index (χ3v) is 4.44. The minimum absolute atomic E-state index is 0.213. The number of hydrogen-bond acceptors (Lipinski definition) is 3. The summed E-state index contributed by atoms with van der Waals surface area (Å²) in [5.41, 5.74) is 0.265. The molecule has 5 nitrogen and oxygen atoms in total. The fraction of sp³-hybridized carbons (Fsp3) is 0.357. The molecule has 2 heterocycles. The summed E-state index contributed by atoms with van der Waals surface area (Å²) >= 11 is 6.11. The Kier molecular flexibility index (Phi) is 2.83. The van der Waals surface area contributed by atoms with Crippen LogP contribution in [-0.2, 0) is 16.1 Å². The van der Waals surface area contributed by atoms with Gasteiger partial charge in [-0.1, -0.05) is 17.7 Å². The lowest BCUT2D eigenvalue weighted by atomic mass is 9.89. The predicted molar refractivity (Wildman–Crippen MR) is 72.1 cm³/mol. The zero-order chi connectivity index (χ0) is 14.5. The molecule has 0 radical (unpaired) electrons. The lowest BCUT2D eigenvalue weighted by Gasteiger charge is -2.39. The van der Waals surface area contributed by atoms with E-state index in [9.17, 15) is 14.4 Å². The van der Waals surface area contributed by atoms with Gasteiger partial charge in [-0.25, -0.2) is 0 Å². The summed E-state index contributed by atoms with van der Waals surface area (Å²) in [6, 6.07) is 5.15. The normalized spacial score (nSPS) is 25.7. The molecule has 3 amide bonds. The molecule has 2 aliphatic heterocycles. The zero-order valence-corrected chi connectivity index (χ0v) is 11.7. The number of nitrogens with one attached hydrogen (secondary N) is 1. The summed E-state index contributed by atoms with van der Waals surface area (Å²) in [5, 5.41) is 2.83. The van der Waals surface area contributed by atoms with Crippen LogP contribution in [0.25, 0.3) is 0 Å². The first-order valence-corrected chi connectivity index (χ1v) is 6.75. The minimum Gasteiger partial charge on any atom is -0.320 e. The van der Waals surface area contributed by atoms with Gasteiger partial charge in [-0.3, -0.25) is 19.7 Å². The first-order valence-electron chi connectivity index (χ1n) is 6.37. The number of imide groups is 1. The number of rotatable bonds is 1. The van der Waals surface area contributed by atoms with E-state index in [4.69, 9.17) is 11.6 Å². The highest BCUT2D eigenvalue weighted by Gasteiger charge is 2.48. The van der Waals surface area contributed by atoms with Crippen molar-refractivity contribution >= 4 is 29.3 Å². The van der Waals surface area contributed by atoms with Gasteiger partial charge in [0.05, 0.1) is 0 Å². The van der Waals surface area contributed by atoms with Crippen LogP contribution in [0.15, 0.2) is 18.2 Å². The van der Waals surface area contributed by atoms with Crippen LogP contribution >= 0.6 is 11.6 Å². The molecule has 1 aromatic carbocycles. The summed E-state index contributed by atoms with van der Waals surface area (Å²) in [6.45, 7) is 1.98. The van der Waals surface area contributed by atoms with Gasteiger partial charge in [0.1, 0.15) is 5.54 Å². The Morgan fingerprint density at radius 1 is 1.30 bits per heavy atom. The second-order valence-electron chi connectivity index (χ2n) is 5.31. The molecule has 0 saturated carbocycles. The van der Waals surface area contributed by atoms with Crippen LogP contribution in [0.4, 0.5) is 0 Å². The Labute approximate surface area is 120 Å². The van der Waals surface area contributed by atoms with Gasteiger partial charge in [-0.05, 0) is 25.5 Å². The zero-order valence-electron chi connectivity index (χ0n) is 10.9. The number of nitrogens with zero attached hydrogens (tertiary/aromatic N) is 1. The Balaban J connectivity index is 1.98. The lowest BCUT2D eigenvalue weighted by molar-refractivity contribution is -0.142. The second kappa shape index (κ2) is 4.31. The lowest BCUT2D eigenvalue weighted by Crippen LogP contribution is -2.61. The molecular formula is C14H13ClN2O3. The molecular weight excluding hydrogens is 280 g/mol. The van der Waals surface area contributed by atoms with Gasteiger partial charge in [0.2, 0.25) is 5.91 Å². The Morgan fingerprint density at radius 2 is 2.05 bits per heavy atom. The molecule has 104 valence electrons. The molecule has 1 N–H and O–H groups in total. The van der Waals surface area contributed by atoms with Crippen molar-refractivity contribution in [1.82, 2.24) is 10.2 Å². The highest BCUT2D eigenvalue weighted by molar-refractivity contribution is 6.32. The number of carbonyl (C=O) groups excluding carboxylic acids is 3. The Morgan fingerprint density at radius 3 is 2.70 bits per heavy atom. The van der Waals surface area contributed by atoms with E-state index in [1.807, 2.05) is 0 Å². The van der Waals surface area contributed by atoms with Gasteiger partial charge in [0.25, 0.3) is 11.8 Å². The fourth-order valence-corrected chi connectivity index (χ4v) is 2.98. The number of hydrogen-bond donors (Lipinski definition) is 1. The van der Waals surface area contributed by atoms with E-state index in [0.29, 0.717) is 23.6 Å². The topological polar surface area (TPSA) is 66.5 Å². The smallest absolute Gasteiger partial charge is 0.255 e. The first-order chi connectivity index (χ1) is 9.43. The van der Waals surface area contributed by atoms with Gasteiger partial charge in [0.15, 0.2) is 0 Å². The average Bonchev–Trinajstić information content (AvgIpc) is 2.75. The van der Waals surface area contributed by atoms with E-state index in [1.165, 1.54) is 4.90 Å². The molecule has 3 rings (SSSR count). The van der Waals surface area contributed by atoms with Crippen molar-refractivity contribution < 1.29 is 14.4 Å². The molecule has 6 heteroatoms. The fourth-order valence-electron chi connectivity index (χ4n) is 2.75. The monoisotopic (exact) mass is 292 g/mol. The van der Waals surface area contributed by atoms with Gasteiger partial charge in [-0.15, -0.1) is 0 Å². The van der Waals surface area contributed by atoms with Crippen molar-refractivity contribution in [2.24, 2.45) is 0 Å². The van der Waals surface area contributed by atoms with Crippen LogP contribution < -0.4 is 5.32 Å². The SMILES string of the molecule is CC1(N2Cc3c(Cl)cccc3C2=O)CCC(=O)NC1=O. The molecule has 0 aliphatic carbocycles. The van der Waals surface area contributed by atoms with E-state index in [1.54, 1.807) is 25.1 Å². The third-order valence-electron chi connectivity index (χ3n) is 4.09. The molecule has 1 saturated heterocycles. The maximum absolute atomic E-state index is 12.5. The molecule has 0 bridgehead atoms. The minimum atomic E-state index is -1.01. The number of benzene rings is 1. The summed E-state index contributed by atoms with van der Waals surface area (Å²) < 4.78 is 0. The van der Waals surface area contributed by atoms with Crippen LogP contribution in [0, 0.1) is 0 Å². The number of piperidine rings is 1. The van der Waals surface area contributed by atoms with Crippen molar-refractivity contribution in [3.05, 3.63) is 34.3 Å². The Hall–Kier alpha value is -1.88. The number of halogens is 1. The second-order valence-corrected chi connectivity index (χ2v) is 5.72. The molecule has 1 aromatic rings. The van der Waals surface area contributed by atoms with E-state index >= 15 is 0 Å². The van der Waals surface area contributed by atoms with Crippen molar-refractivity contribution in [3.8, 4) is 0 Å². The molecule has 0 spiro atoms. The molecule has 1 atom stereocenters. The molecule has 1 unspecified atom stereocenters. The molecule has 2 aliphatic rings. The van der Waals surface area contributed by atoms with Crippen LogP contribution in [0.2, 0.25) is 5.02 Å². The van der Waals surface area contributed by atoms with Gasteiger partial charge in [0, 0.05) is 29.1 Å². The largest absolute Gasteiger partial charge is 0.320 e. The maximum Gasteiger partial charge on any atom is 0.255 e. The van der Waals surface area contributed by atoms with E-state index in [2.05, 4.69) is 5.32 Å². The maximum atomic E-state index is 12.5. The van der Waals surface area contributed by atoms with Gasteiger partial charge < -0.3 is 4.90 Å². The van der Waals surface area contributed by atoms with Crippen LogP contribution in [0.1, 0.15) is 35.7 Å². The summed E-state index contributed by atoms with van der Waals surface area (Å²) in [5.74, 6) is -0.935. The number of amides is 3. The van der Waals surface area contributed by atoms with E-state index < -0.39 is 11.4 Å². The van der Waals surface area contributed by atoms with Crippen molar-refractivity contribution in [3.63, 3.8) is 0 Å². The van der Waals surface area contributed by atoms with Crippen LogP contribution in [-0.4, -0.2) is 28.2 Å². The predicted octanol–water partition coefficient (Wildman–Crippen LogP) is 1.49. The third kappa shape index (κ3) is 1.73. The van der Waals surface area contributed by atoms with Crippen molar-refractivity contribution in [2.75, 3.05) is 0 Å². The van der Waals surface area contributed by atoms with E-state index in [-0.39, 0.29) is 18.2 Å². The van der Waals surface area contributed by atoms with Crippen molar-refractivity contribution in [2.45, 2.75) is 31.8 Å². The summed E-state index contributed by atoms with van der Waals surface area (Å²) in [6.07, 6.45) is 0.561. The Bertz CT molecular complexity index is 643. The van der Waals surface area contributed by atoms with Gasteiger partial charge in [-0.2, -0.15) is 0 Å². The number of fused-ring (bicyclic) bond motifs is 1. The summed E-state index contributed by atoms with van der Waals surface area (Å²) in [4.78, 5) is 37.4. The van der Waals surface area contributed by atoms with Crippen molar-refractivity contribution in [1.29, 1.82) is 0 Å². The van der Waals surface area contributed by atoms with E-state index in [0.717, 1.165) is 5.56 Å².